The fraction of sp³-hybridized carbons (Fsp3) is 0. The van der Waals surface area contributed by atoms with Gasteiger partial charge in [-0.3, -0.25) is 4.79 Å². The van der Waals surface area contributed by atoms with Crippen molar-refractivity contribution in [2.45, 2.75) is 0 Å². The number of hydrogen-bond acceptors (Lipinski definition) is 6. The molecule has 4 aromatic rings. The summed E-state index contributed by atoms with van der Waals surface area (Å²) in [6, 6.07) is 30.1. The maximum absolute atomic E-state index is 12.6. The maximum atomic E-state index is 12.6. The highest BCUT2D eigenvalue weighted by atomic mass is 16.5. The third-order valence-corrected chi connectivity index (χ3v) is 4.82. The van der Waals surface area contributed by atoms with Gasteiger partial charge in [-0.25, -0.2) is 15.0 Å². The first-order valence-electron chi connectivity index (χ1n) is 10.7. The zero-order valence-corrected chi connectivity index (χ0v) is 18.5. The summed E-state index contributed by atoms with van der Waals surface area (Å²) in [5.74, 6) is -1.25. The molecular weight excluding hydrogens is 444 g/mol. The number of carbonyl (C=O) groups excluding carboxylic acids is 3. The van der Waals surface area contributed by atoms with E-state index in [2.05, 4.69) is 10.5 Å². The lowest BCUT2D eigenvalue weighted by Gasteiger charge is -2.10. The molecule has 0 aliphatic heterocycles. The van der Waals surface area contributed by atoms with E-state index in [1.165, 1.54) is 12.3 Å². The Hall–Kier alpha value is -5.04. The van der Waals surface area contributed by atoms with Crippen LogP contribution >= 0.6 is 0 Å². The van der Waals surface area contributed by atoms with Crippen LogP contribution in [0, 0.1) is 0 Å². The van der Waals surface area contributed by atoms with Crippen LogP contribution in [0.4, 0.5) is 0 Å². The first-order chi connectivity index (χ1) is 17.1. The number of rotatable bonds is 7. The summed E-state index contributed by atoms with van der Waals surface area (Å²) in [6.07, 6.45) is 1.34. The van der Waals surface area contributed by atoms with Gasteiger partial charge in [0.15, 0.2) is 0 Å². The number of esters is 2. The number of benzene rings is 4. The first-order valence-corrected chi connectivity index (χ1v) is 10.7. The summed E-state index contributed by atoms with van der Waals surface area (Å²) in [4.78, 5) is 37.3. The van der Waals surface area contributed by atoms with Crippen molar-refractivity contribution in [1.29, 1.82) is 0 Å². The Morgan fingerprint density at radius 3 is 1.71 bits per heavy atom. The number of nitrogens with one attached hydrogen (secondary N) is 1. The van der Waals surface area contributed by atoms with Crippen molar-refractivity contribution < 1.29 is 23.9 Å². The topological polar surface area (TPSA) is 94.1 Å². The molecule has 0 spiro atoms. The van der Waals surface area contributed by atoms with Crippen LogP contribution in [0.15, 0.2) is 114 Å². The molecule has 7 nitrogen and oxygen atoms in total. The number of carbonyl (C=O) groups is 3. The van der Waals surface area contributed by atoms with E-state index >= 15 is 0 Å². The van der Waals surface area contributed by atoms with Crippen molar-refractivity contribution >= 4 is 24.1 Å². The molecule has 0 aliphatic rings. The van der Waals surface area contributed by atoms with E-state index in [0.717, 1.165) is 0 Å². The van der Waals surface area contributed by atoms with E-state index in [4.69, 9.17) is 9.47 Å². The van der Waals surface area contributed by atoms with E-state index in [0.29, 0.717) is 22.3 Å². The lowest BCUT2D eigenvalue weighted by atomic mass is 10.2. The van der Waals surface area contributed by atoms with Gasteiger partial charge in [0.25, 0.3) is 5.91 Å². The third kappa shape index (κ3) is 6.27. The summed E-state index contributed by atoms with van der Waals surface area (Å²) in [6.45, 7) is 0. The van der Waals surface area contributed by atoms with E-state index in [9.17, 15) is 14.4 Å². The molecule has 1 amide bonds. The van der Waals surface area contributed by atoms with Crippen molar-refractivity contribution in [1.82, 2.24) is 5.43 Å². The van der Waals surface area contributed by atoms with Crippen LogP contribution in [0.5, 0.6) is 11.5 Å². The zero-order valence-electron chi connectivity index (χ0n) is 18.5. The molecule has 4 rings (SSSR count). The maximum Gasteiger partial charge on any atom is 0.343 e. The standard InChI is InChI=1S/C28H20N2O5/c31-26(20-10-4-1-5-11-20)30-29-19-23-16-17-24(34-27(32)21-12-6-2-7-13-21)18-25(23)35-28(33)22-14-8-3-9-15-22/h1-19H,(H,30,31)/b29-19-. The van der Waals surface area contributed by atoms with Crippen molar-refractivity contribution in [3.8, 4) is 11.5 Å². The van der Waals surface area contributed by atoms with E-state index in [-0.39, 0.29) is 11.5 Å². The number of hydrogen-bond donors (Lipinski definition) is 1. The van der Waals surface area contributed by atoms with E-state index in [1.807, 2.05) is 0 Å². The normalized spacial score (nSPS) is 10.5. The van der Waals surface area contributed by atoms with Crippen LogP contribution in [-0.2, 0) is 0 Å². The second-order valence-corrected chi connectivity index (χ2v) is 7.28. The molecule has 0 unspecified atom stereocenters. The molecule has 0 heterocycles. The predicted molar refractivity (Wildman–Crippen MR) is 131 cm³/mol. The molecular formula is C28H20N2O5. The minimum atomic E-state index is -0.597. The first kappa shape index (κ1) is 23.1. The summed E-state index contributed by atoms with van der Waals surface area (Å²) in [7, 11) is 0. The van der Waals surface area contributed by atoms with Gasteiger partial charge >= 0.3 is 11.9 Å². The molecule has 0 bridgehead atoms. The zero-order chi connectivity index (χ0) is 24.5. The minimum absolute atomic E-state index is 0.106. The highest BCUT2D eigenvalue weighted by molar-refractivity contribution is 5.96. The monoisotopic (exact) mass is 464 g/mol. The van der Waals surface area contributed by atoms with Crippen LogP contribution in [-0.4, -0.2) is 24.1 Å². The van der Waals surface area contributed by atoms with Crippen LogP contribution in [0.2, 0.25) is 0 Å². The Morgan fingerprint density at radius 1 is 0.629 bits per heavy atom. The third-order valence-electron chi connectivity index (χ3n) is 4.82. The molecule has 172 valence electrons. The molecule has 0 fully saturated rings. The SMILES string of the molecule is O=C(N/N=C\c1ccc(OC(=O)c2ccccc2)cc1OC(=O)c1ccccc1)c1ccccc1. The fourth-order valence-corrected chi connectivity index (χ4v) is 3.06. The number of ether oxygens (including phenoxy) is 2. The molecule has 0 saturated carbocycles. The van der Waals surface area contributed by atoms with E-state index in [1.54, 1.807) is 103 Å². The lowest BCUT2D eigenvalue weighted by Crippen LogP contribution is -2.17. The summed E-state index contributed by atoms with van der Waals surface area (Å²) < 4.78 is 11.0. The summed E-state index contributed by atoms with van der Waals surface area (Å²) in [5.41, 5.74) is 4.00. The highest BCUT2D eigenvalue weighted by Gasteiger charge is 2.15. The molecule has 0 radical (unpaired) electrons. The minimum Gasteiger partial charge on any atom is -0.423 e. The van der Waals surface area contributed by atoms with Crippen LogP contribution in [0.25, 0.3) is 0 Å². The average Bonchev–Trinajstić information content (AvgIpc) is 2.91. The molecule has 0 aromatic heterocycles. The Kier molecular flexibility index (Phi) is 7.40. The van der Waals surface area contributed by atoms with Gasteiger partial charge in [-0.05, 0) is 48.5 Å². The van der Waals surface area contributed by atoms with Gasteiger partial charge in [0.1, 0.15) is 11.5 Å². The Morgan fingerprint density at radius 2 is 1.14 bits per heavy atom. The van der Waals surface area contributed by atoms with Crippen molar-refractivity contribution in [3.63, 3.8) is 0 Å². The smallest absolute Gasteiger partial charge is 0.343 e. The van der Waals surface area contributed by atoms with Crippen LogP contribution < -0.4 is 14.9 Å². The molecule has 0 atom stereocenters. The number of nitrogens with zero attached hydrogens (tertiary/aromatic N) is 1. The largest absolute Gasteiger partial charge is 0.423 e. The van der Waals surface area contributed by atoms with Gasteiger partial charge in [-0.2, -0.15) is 5.10 Å². The average molecular weight is 464 g/mol. The fourth-order valence-electron chi connectivity index (χ4n) is 3.06. The van der Waals surface area contributed by atoms with Gasteiger partial charge in [-0.15, -0.1) is 0 Å². The van der Waals surface area contributed by atoms with E-state index < -0.39 is 17.8 Å². The molecule has 7 heteroatoms. The molecule has 0 aliphatic carbocycles. The quantitative estimate of drug-likeness (QED) is 0.182. The highest BCUT2D eigenvalue weighted by Crippen LogP contribution is 2.26. The second kappa shape index (κ2) is 11.2. The predicted octanol–water partition coefficient (Wildman–Crippen LogP) is 4.89. The lowest BCUT2D eigenvalue weighted by molar-refractivity contribution is 0.0732. The van der Waals surface area contributed by atoms with Gasteiger partial charge < -0.3 is 9.47 Å². The Balaban J connectivity index is 1.56. The molecule has 4 aromatic carbocycles. The van der Waals surface area contributed by atoms with Crippen LogP contribution in [0.3, 0.4) is 0 Å². The van der Waals surface area contributed by atoms with Gasteiger partial charge in [0.2, 0.25) is 0 Å². The summed E-state index contributed by atoms with van der Waals surface area (Å²) in [5, 5.41) is 3.97. The number of hydrazone groups is 1. The van der Waals surface area contributed by atoms with Crippen molar-refractivity contribution in [3.05, 3.63) is 131 Å². The van der Waals surface area contributed by atoms with Gasteiger partial charge in [0.05, 0.1) is 17.3 Å². The van der Waals surface area contributed by atoms with Gasteiger partial charge in [0, 0.05) is 17.2 Å². The van der Waals surface area contributed by atoms with Crippen LogP contribution in [0.1, 0.15) is 36.6 Å². The molecule has 1 N–H and O–H groups in total. The Bertz CT molecular complexity index is 1350. The second-order valence-electron chi connectivity index (χ2n) is 7.28. The molecule has 0 saturated heterocycles. The van der Waals surface area contributed by atoms with Crippen molar-refractivity contribution in [2.75, 3.05) is 0 Å². The van der Waals surface area contributed by atoms with Gasteiger partial charge in [-0.1, -0.05) is 54.6 Å². The molecule has 35 heavy (non-hydrogen) atoms. The summed E-state index contributed by atoms with van der Waals surface area (Å²) >= 11 is 0. The van der Waals surface area contributed by atoms with Crippen molar-refractivity contribution in [2.24, 2.45) is 5.10 Å². The number of amides is 1. The Labute approximate surface area is 201 Å².